The van der Waals surface area contributed by atoms with Gasteiger partial charge in [-0.15, -0.1) is 0 Å². The van der Waals surface area contributed by atoms with Gasteiger partial charge in [-0.05, 0) is 83.1 Å². The normalized spacial score (nSPS) is 14.6. The van der Waals surface area contributed by atoms with E-state index in [1.165, 1.54) is 33.4 Å². The topological polar surface area (TPSA) is 60.8 Å². The molecule has 0 saturated carbocycles. The lowest BCUT2D eigenvalue weighted by Gasteiger charge is -2.35. The molecule has 7 aromatic rings. The Morgan fingerprint density at radius 3 is 1.82 bits per heavy atom. The summed E-state index contributed by atoms with van der Waals surface area (Å²) in [5, 5.41) is 0. The number of fused-ring (bicyclic) bond motifs is 6. The zero-order valence-electron chi connectivity index (χ0n) is 27.9. The third kappa shape index (κ3) is 4.68. The second-order valence-corrected chi connectivity index (χ2v) is 13.9. The Kier molecular flexibility index (Phi) is 6.44. The van der Waals surface area contributed by atoms with Crippen molar-refractivity contribution in [1.29, 1.82) is 0 Å². The number of hydrogen-bond donors (Lipinski definition) is 0. The Labute approximate surface area is 286 Å². The van der Waals surface area contributed by atoms with Gasteiger partial charge in [-0.1, -0.05) is 105 Å². The molecule has 9 rings (SSSR count). The molecule has 0 unspecified atom stereocenters. The Balaban J connectivity index is 1.20. The Bertz CT molecular complexity index is 2430. The predicted octanol–water partition coefficient (Wildman–Crippen LogP) is 10.5. The lowest BCUT2D eigenvalue weighted by Crippen LogP contribution is -2.29. The van der Waals surface area contributed by atoms with Crippen molar-refractivity contribution in [2.45, 2.75) is 38.7 Å². The van der Waals surface area contributed by atoms with Gasteiger partial charge in [-0.2, -0.15) is 0 Å². The summed E-state index contributed by atoms with van der Waals surface area (Å²) in [6.07, 6.45) is 3.54. The van der Waals surface area contributed by atoms with Gasteiger partial charge in [-0.25, -0.2) is 15.0 Å². The Hall–Kier alpha value is -5.94. The van der Waals surface area contributed by atoms with E-state index in [0.717, 1.165) is 39.1 Å². The molecule has 2 aromatic heterocycles. The fourth-order valence-electron chi connectivity index (χ4n) is 7.64. The molecule has 49 heavy (non-hydrogen) atoms. The summed E-state index contributed by atoms with van der Waals surface area (Å²) in [7, 11) is 0. The fourth-order valence-corrected chi connectivity index (χ4v) is 7.64. The Morgan fingerprint density at radius 2 is 1.04 bits per heavy atom. The highest BCUT2D eigenvalue weighted by Crippen LogP contribution is 2.50. The molecule has 0 radical (unpaired) electrons. The van der Waals surface area contributed by atoms with Gasteiger partial charge in [0, 0.05) is 45.6 Å². The summed E-state index contributed by atoms with van der Waals surface area (Å²) in [6, 6.07) is 42.5. The van der Waals surface area contributed by atoms with Crippen LogP contribution in [0.2, 0.25) is 0 Å². The van der Waals surface area contributed by atoms with Crippen molar-refractivity contribution in [2.24, 2.45) is 0 Å². The number of rotatable bonds is 4. The fraction of sp³-hybridized carbons (Fsp3) is 0.136. The van der Waals surface area contributed by atoms with Gasteiger partial charge in [0.1, 0.15) is 11.4 Å². The lowest BCUT2D eigenvalue weighted by atomic mass is 9.82. The molecule has 1 aliphatic carbocycles. The van der Waals surface area contributed by atoms with E-state index < -0.39 is 5.60 Å². The Morgan fingerprint density at radius 1 is 0.449 bits per heavy atom. The molecule has 0 N–H and O–H groups in total. The van der Waals surface area contributed by atoms with Gasteiger partial charge in [0.15, 0.2) is 17.5 Å². The third-order valence-electron chi connectivity index (χ3n) is 10.1. The average molecular weight is 635 g/mol. The summed E-state index contributed by atoms with van der Waals surface area (Å²) in [5.41, 5.74) is 13.0. The first-order valence-corrected chi connectivity index (χ1v) is 16.7. The molecular weight excluding hydrogens is 601 g/mol. The van der Waals surface area contributed by atoms with Crippen LogP contribution in [-0.4, -0.2) is 19.9 Å². The van der Waals surface area contributed by atoms with Gasteiger partial charge in [-0.3, -0.25) is 4.98 Å². The van der Waals surface area contributed by atoms with E-state index in [0.29, 0.717) is 17.5 Å². The van der Waals surface area contributed by atoms with Crippen molar-refractivity contribution < 1.29 is 4.74 Å². The zero-order chi connectivity index (χ0) is 33.3. The van der Waals surface area contributed by atoms with Crippen LogP contribution < -0.4 is 4.74 Å². The highest BCUT2D eigenvalue weighted by atomic mass is 16.5. The molecule has 0 amide bonds. The van der Waals surface area contributed by atoms with Gasteiger partial charge < -0.3 is 4.74 Å². The van der Waals surface area contributed by atoms with Crippen LogP contribution in [-0.2, 0) is 11.0 Å². The molecule has 236 valence electrons. The zero-order valence-corrected chi connectivity index (χ0v) is 27.9. The number of aromatic nitrogens is 4. The number of nitrogens with zero attached hydrogens (tertiary/aromatic N) is 4. The summed E-state index contributed by atoms with van der Waals surface area (Å²) in [5.74, 6) is 2.74. The smallest absolute Gasteiger partial charge is 0.164 e. The SMILES string of the molecule is CC1(C)Oc2cccc(-c3cccc(-c4nc(-c5ccncc5)nc(-c5ccc6c(c5)-c5ccccc5C6(C)C)n4)c3)c2-c2ccccc21. The van der Waals surface area contributed by atoms with Crippen molar-refractivity contribution in [3.05, 3.63) is 150 Å². The molecule has 2 aliphatic rings. The molecule has 5 heteroatoms. The second-order valence-electron chi connectivity index (χ2n) is 13.9. The molecule has 0 bridgehead atoms. The van der Waals surface area contributed by atoms with E-state index in [2.05, 4.69) is 142 Å². The highest BCUT2D eigenvalue weighted by Gasteiger charge is 2.36. The molecule has 5 nitrogen and oxygen atoms in total. The summed E-state index contributed by atoms with van der Waals surface area (Å²) < 4.78 is 6.58. The van der Waals surface area contributed by atoms with E-state index in [1.807, 2.05) is 12.1 Å². The third-order valence-corrected chi connectivity index (χ3v) is 10.1. The van der Waals surface area contributed by atoms with Crippen LogP contribution in [0.5, 0.6) is 5.75 Å². The monoisotopic (exact) mass is 634 g/mol. The molecule has 0 fully saturated rings. The molecule has 5 aromatic carbocycles. The standard InChI is InChI=1S/C44H34N4O/c1-43(2)35-16-7-5-13-32(35)34-26-30(19-20-36(34)43)42-47-40(27-21-23-45-24-22-27)46-41(48-42)29-12-9-11-28(25-29)31-15-10-18-38-39(31)33-14-6-8-17-37(33)44(3,4)49-38/h5-26H,1-4H3. The number of benzene rings is 5. The van der Waals surface area contributed by atoms with Crippen LogP contribution in [0.4, 0.5) is 0 Å². The van der Waals surface area contributed by atoms with Gasteiger partial charge in [0.05, 0.1) is 0 Å². The summed E-state index contributed by atoms with van der Waals surface area (Å²) >= 11 is 0. The summed E-state index contributed by atoms with van der Waals surface area (Å²) in [6.45, 7) is 8.84. The maximum absolute atomic E-state index is 6.58. The van der Waals surface area contributed by atoms with Crippen molar-refractivity contribution >= 4 is 0 Å². The van der Waals surface area contributed by atoms with Crippen LogP contribution in [0.15, 0.2) is 134 Å². The quantitative estimate of drug-likeness (QED) is 0.193. The van der Waals surface area contributed by atoms with Crippen LogP contribution in [0, 0.1) is 0 Å². The minimum Gasteiger partial charge on any atom is -0.482 e. The number of pyridine rings is 1. The molecular formula is C44H34N4O. The van der Waals surface area contributed by atoms with E-state index in [9.17, 15) is 0 Å². The molecule has 3 heterocycles. The van der Waals surface area contributed by atoms with E-state index >= 15 is 0 Å². The van der Waals surface area contributed by atoms with Crippen LogP contribution >= 0.6 is 0 Å². The predicted molar refractivity (Wildman–Crippen MR) is 196 cm³/mol. The van der Waals surface area contributed by atoms with E-state index in [4.69, 9.17) is 19.7 Å². The first-order chi connectivity index (χ1) is 23.8. The lowest BCUT2D eigenvalue weighted by molar-refractivity contribution is 0.106. The molecule has 1 aliphatic heterocycles. The maximum atomic E-state index is 6.58. The van der Waals surface area contributed by atoms with Crippen LogP contribution in [0.1, 0.15) is 44.4 Å². The van der Waals surface area contributed by atoms with E-state index in [1.54, 1.807) is 12.4 Å². The minimum absolute atomic E-state index is 0.0741. The van der Waals surface area contributed by atoms with Gasteiger partial charge >= 0.3 is 0 Å². The molecule has 0 atom stereocenters. The van der Waals surface area contributed by atoms with Crippen molar-refractivity contribution in [3.63, 3.8) is 0 Å². The van der Waals surface area contributed by atoms with E-state index in [-0.39, 0.29) is 5.41 Å². The van der Waals surface area contributed by atoms with Gasteiger partial charge in [0.25, 0.3) is 0 Å². The average Bonchev–Trinajstić information content (AvgIpc) is 3.37. The van der Waals surface area contributed by atoms with Crippen molar-refractivity contribution in [1.82, 2.24) is 19.9 Å². The number of hydrogen-bond acceptors (Lipinski definition) is 5. The maximum Gasteiger partial charge on any atom is 0.164 e. The minimum atomic E-state index is -0.426. The first kappa shape index (κ1) is 29.2. The van der Waals surface area contributed by atoms with Crippen molar-refractivity contribution in [3.8, 4) is 73.3 Å². The molecule has 0 saturated heterocycles. The highest BCUT2D eigenvalue weighted by molar-refractivity contribution is 5.91. The summed E-state index contributed by atoms with van der Waals surface area (Å²) in [4.78, 5) is 19.4. The number of ether oxygens (including phenoxy) is 1. The van der Waals surface area contributed by atoms with Crippen molar-refractivity contribution in [2.75, 3.05) is 0 Å². The van der Waals surface area contributed by atoms with Gasteiger partial charge in [0.2, 0.25) is 0 Å². The molecule has 0 spiro atoms. The second kappa shape index (κ2) is 10.8. The largest absolute Gasteiger partial charge is 0.482 e. The van der Waals surface area contributed by atoms with Crippen LogP contribution in [0.3, 0.4) is 0 Å². The first-order valence-electron chi connectivity index (χ1n) is 16.7. The van der Waals surface area contributed by atoms with Crippen LogP contribution in [0.25, 0.3) is 67.5 Å².